The number of carboxylic acid groups (broad SMARTS) is 1. The molecule has 0 spiro atoms. The molecule has 0 bridgehead atoms. The molecule has 0 aliphatic rings. The van der Waals surface area contributed by atoms with Gasteiger partial charge in [-0.25, -0.2) is 0 Å². The lowest BCUT2D eigenvalue weighted by Crippen LogP contribution is -2.29. The van der Waals surface area contributed by atoms with Gasteiger partial charge in [-0.3, -0.25) is 9.59 Å². The molecule has 0 aliphatic heterocycles. The van der Waals surface area contributed by atoms with Crippen LogP contribution in [0.15, 0.2) is 48.5 Å². The number of nitrogens with zero attached hydrogens (tertiary/aromatic N) is 1. The topological polar surface area (TPSA) is 77.8 Å². The molecule has 0 heterocycles. The van der Waals surface area contributed by atoms with Crippen LogP contribution in [0.5, 0.6) is 5.75 Å². The Balaban J connectivity index is 2.49. The first kappa shape index (κ1) is 15.6. The van der Waals surface area contributed by atoms with Gasteiger partial charge in [0.25, 0.3) is 0 Å². The molecule has 22 heavy (non-hydrogen) atoms. The molecule has 0 aromatic heterocycles. The van der Waals surface area contributed by atoms with Crippen LogP contribution < -0.4 is 4.90 Å². The first-order chi connectivity index (χ1) is 10.5. The maximum Gasteiger partial charge on any atom is 0.305 e. The van der Waals surface area contributed by atoms with E-state index in [1.807, 2.05) is 13.0 Å². The van der Waals surface area contributed by atoms with Crippen molar-refractivity contribution in [2.75, 3.05) is 4.90 Å². The fourth-order valence-corrected chi connectivity index (χ4v) is 2.36. The monoisotopic (exact) mass is 299 g/mol. The Labute approximate surface area is 128 Å². The second-order valence-corrected chi connectivity index (χ2v) is 5.03. The lowest BCUT2D eigenvalue weighted by molar-refractivity contribution is -0.137. The molecule has 114 valence electrons. The number of aliphatic carboxylic acids is 1. The number of hydrogen-bond acceptors (Lipinski definition) is 3. The molecule has 2 rings (SSSR count). The van der Waals surface area contributed by atoms with Crippen LogP contribution in [0, 0.1) is 6.92 Å². The Morgan fingerprint density at radius 1 is 1.23 bits per heavy atom. The molecule has 5 nitrogen and oxygen atoms in total. The lowest BCUT2D eigenvalue weighted by Gasteiger charge is -2.28. The van der Waals surface area contributed by atoms with Crippen molar-refractivity contribution in [3.8, 4) is 5.75 Å². The first-order valence-corrected chi connectivity index (χ1v) is 6.83. The summed E-state index contributed by atoms with van der Waals surface area (Å²) in [4.78, 5) is 24.0. The molecule has 1 atom stereocenters. The number of anilines is 1. The SMILES string of the molecule is Cc1ccc(O)c(N(C=O)C(CC(=O)O)c2ccccc2)c1. The van der Waals surface area contributed by atoms with Crippen molar-refractivity contribution < 1.29 is 19.8 Å². The van der Waals surface area contributed by atoms with Crippen LogP contribution in [0.3, 0.4) is 0 Å². The summed E-state index contributed by atoms with van der Waals surface area (Å²) in [6.45, 7) is 1.83. The van der Waals surface area contributed by atoms with Gasteiger partial charge in [0, 0.05) is 0 Å². The van der Waals surface area contributed by atoms with Crippen molar-refractivity contribution in [2.45, 2.75) is 19.4 Å². The highest BCUT2D eigenvalue weighted by atomic mass is 16.4. The molecular formula is C17H17NO4. The summed E-state index contributed by atoms with van der Waals surface area (Å²) in [6.07, 6.45) is 0.297. The summed E-state index contributed by atoms with van der Waals surface area (Å²) in [7, 11) is 0. The van der Waals surface area contributed by atoms with Crippen molar-refractivity contribution in [2.24, 2.45) is 0 Å². The van der Waals surface area contributed by atoms with E-state index < -0.39 is 12.0 Å². The molecule has 2 aromatic rings. The zero-order valence-electron chi connectivity index (χ0n) is 12.1. The molecule has 0 radical (unpaired) electrons. The van der Waals surface area contributed by atoms with E-state index in [2.05, 4.69) is 0 Å². The van der Waals surface area contributed by atoms with Gasteiger partial charge in [-0.2, -0.15) is 0 Å². The van der Waals surface area contributed by atoms with Crippen LogP contribution in [-0.2, 0) is 9.59 Å². The van der Waals surface area contributed by atoms with Gasteiger partial charge in [0.15, 0.2) is 0 Å². The van der Waals surface area contributed by atoms with Gasteiger partial charge < -0.3 is 15.1 Å². The van der Waals surface area contributed by atoms with Gasteiger partial charge in [0.2, 0.25) is 6.41 Å². The summed E-state index contributed by atoms with van der Waals surface area (Å²) in [5, 5.41) is 19.2. The molecule has 1 amide bonds. The van der Waals surface area contributed by atoms with Crippen molar-refractivity contribution in [1.82, 2.24) is 0 Å². The molecule has 2 aromatic carbocycles. The zero-order valence-corrected chi connectivity index (χ0v) is 12.1. The smallest absolute Gasteiger partial charge is 0.305 e. The Morgan fingerprint density at radius 2 is 1.91 bits per heavy atom. The highest BCUT2D eigenvalue weighted by Gasteiger charge is 2.25. The minimum absolute atomic E-state index is 0.0657. The van der Waals surface area contributed by atoms with Crippen LogP contribution in [-0.4, -0.2) is 22.6 Å². The molecular weight excluding hydrogens is 282 g/mol. The average molecular weight is 299 g/mol. The average Bonchev–Trinajstić information content (AvgIpc) is 2.51. The summed E-state index contributed by atoms with van der Waals surface area (Å²) in [5.41, 5.74) is 1.85. The van der Waals surface area contributed by atoms with Crippen LogP contribution in [0.25, 0.3) is 0 Å². The second-order valence-electron chi connectivity index (χ2n) is 5.03. The molecule has 1 unspecified atom stereocenters. The van der Waals surface area contributed by atoms with Crippen molar-refractivity contribution in [1.29, 1.82) is 0 Å². The summed E-state index contributed by atoms with van der Waals surface area (Å²) in [6, 6.07) is 13.1. The number of amides is 1. The van der Waals surface area contributed by atoms with Crippen molar-refractivity contribution >= 4 is 18.1 Å². The largest absolute Gasteiger partial charge is 0.506 e. The summed E-state index contributed by atoms with van der Waals surface area (Å²) in [5.74, 6) is -1.09. The summed E-state index contributed by atoms with van der Waals surface area (Å²) >= 11 is 0. The maximum absolute atomic E-state index is 11.6. The van der Waals surface area contributed by atoms with E-state index in [1.165, 1.54) is 11.0 Å². The van der Waals surface area contributed by atoms with E-state index in [0.717, 1.165) is 5.56 Å². The van der Waals surface area contributed by atoms with Gasteiger partial charge in [0.1, 0.15) is 5.75 Å². The fourth-order valence-electron chi connectivity index (χ4n) is 2.36. The third-order valence-corrected chi connectivity index (χ3v) is 3.41. The number of aromatic hydroxyl groups is 1. The molecule has 0 saturated heterocycles. The first-order valence-electron chi connectivity index (χ1n) is 6.83. The number of hydrogen-bond donors (Lipinski definition) is 2. The quantitative estimate of drug-likeness (QED) is 0.804. The number of carbonyl (C=O) groups is 2. The minimum atomic E-state index is -1.02. The normalized spacial score (nSPS) is 11.7. The molecule has 0 aliphatic carbocycles. The molecule has 5 heteroatoms. The van der Waals surface area contributed by atoms with Crippen LogP contribution in [0.1, 0.15) is 23.6 Å². The highest BCUT2D eigenvalue weighted by Crippen LogP contribution is 2.35. The molecule has 0 saturated carbocycles. The van der Waals surface area contributed by atoms with Crippen molar-refractivity contribution in [3.05, 3.63) is 59.7 Å². The van der Waals surface area contributed by atoms with Crippen LogP contribution in [0.2, 0.25) is 0 Å². The fraction of sp³-hybridized carbons (Fsp3) is 0.176. The number of carbonyl (C=O) groups excluding carboxylic acids is 1. The van der Waals surface area contributed by atoms with Gasteiger partial charge in [-0.1, -0.05) is 36.4 Å². The van der Waals surface area contributed by atoms with E-state index in [9.17, 15) is 14.7 Å². The number of phenols is 1. The third-order valence-electron chi connectivity index (χ3n) is 3.41. The van der Waals surface area contributed by atoms with E-state index >= 15 is 0 Å². The van der Waals surface area contributed by atoms with Crippen molar-refractivity contribution in [3.63, 3.8) is 0 Å². The van der Waals surface area contributed by atoms with Gasteiger partial charge >= 0.3 is 5.97 Å². The Morgan fingerprint density at radius 3 is 2.50 bits per heavy atom. The number of rotatable bonds is 6. The standard InChI is InChI=1S/C17H17NO4/c1-12-7-8-16(20)15(9-12)18(11-19)14(10-17(21)22)13-5-3-2-4-6-13/h2-9,11,14,20H,10H2,1H3,(H,21,22). The Kier molecular flexibility index (Phi) is 4.78. The van der Waals surface area contributed by atoms with E-state index in [-0.39, 0.29) is 12.2 Å². The van der Waals surface area contributed by atoms with Gasteiger partial charge in [-0.15, -0.1) is 0 Å². The number of phenolic OH excluding ortho intramolecular Hbond substituents is 1. The zero-order chi connectivity index (χ0) is 16.1. The summed E-state index contributed by atoms with van der Waals surface area (Å²) < 4.78 is 0. The van der Waals surface area contributed by atoms with Crippen LogP contribution in [0.4, 0.5) is 5.69 Å². The molecule has 2 N–H and O–H groups in total. The number of carboxylic acids is 1. The Bertz CT molecular complexity index is 670. The third kappa shape index (κ3) is 3.44. The highest BCUT2D eigenvalue weighted by molar-refractivity contribution is 5.82. The van der Waals surface area contributed by atoms with Crippen LogP contribution >= 0.6 is 0 Å². The predicted octanol–water partition coefficient (Wildman–Crippen LogP) is 2.88. The van der Waals surface area contributed by atoms with Gasteiger partial charge in [-0.05, 0) is 30.2 Å². The van der Waals surface area contributed by atoms with E-state index in [0.29, 0.717) is 17.7 Å². The molecule has 0 fully saturated rings. The number of benzene rings is 2. The van der Waals surface area contributed by atoms with E-state index in [1.54, 1.807) is 36.4 Å². The van der Waals surface area contributed by atoms with Gasteiger partial charge in [0.05, 0.1) is 18.2 Å². The Hall–Kier alpha value is -2.82. The second kappa shape index (κ2) is 6.76. The maximum atomic E-state index is 11.6. The lowest BCUT2D eigenvalue weighted by atomic mass is 10.0. The van der Waals surface area contributed by atoms with E-state index in [4.69, 9.17) is 5.11 Å². The predicted molar refractivity (Wildman–Crippen MR) is 82.8 cm³/mol. The number of aryl methyl sites for hydroxylation is 1. The minimum Gasteiger partial charge on any atom is -0.506 e.